The second kappa shape index (κ2) is 10.6. The number of urea groups is 1. The third kappa shape index (κ3) is 5.04. The Morgan fingerprint density at radius 2 is 2.08 bits per heavy atom. The molecule has 0 spiro atoms. The lowest BCUT2D eigenvalue weighted by Gasteiger charge is -2.58. The van der Waals surface area contributed by atoms with Crippen molar-refractivity contribution in [1.82, 2.24) is 15.2 Å². The molecule has 2 aliphatic carbocycles. The molecule has 2 fully saturated rings. The van der Waals surface area contributed by atoms with Crippen molar-refractivity contribution >= 4 is 39.7 Å². The highest BCUT2D eigenvalue weighted by Gasteiger charge is 2.59. The van der Waals surface area contributed by atoms with E-state index in [2.05, 4.69) is 17.6 Å². The largest absolute Gasteiger partial charge is 0.396 e. The molecule has 37 heavy (non-hydrogen) atoms. The summed E-state index contributed by atoms with van der Waals surface area (Å²) in [5.74, 6) is -0.261. The molecule has 0 aromatic carbocycles. The third-order valence-electron chi connectivity index (χ3n) is 8.84. The van der Waals surface area contributed by atoms with Crippen LogP contribution in [0.4, 0.5) is 9.93 Å². The molecule has 202 valence electrons. The number of thiophene rings is 1. The van der Waals surface area contributed by atoms with Crippen LogP contribution >= 0.6 is 22.7 Å². The number of amides is 3. The number of thiazole rings is 1. The SMILES string of the molecule is CC1(CO)C(O)CCC2(C)C(CC(=O)NCc3cccs3)c3nc(NC(=O)N4CCOCC4)sc3CC12. The van der Waals surface area contributed by atoms with E-state index in [0.717, 1.165) is 21.9 Å². The van der Waals surface area contributed by atoms with Crippen molar-refractivity contribution in [2.75, 3.05) is 38.2 Å². The maximum absolute atomic E-state index is 13.2. The summed E-state index contributed by atoms with van der Waals surface area (Å²) < 4.78 is 5.35. The number of carbonyl (C=O) groups is 2. The van der Waals surface area contributed by atoms with Gasteiger partial charge >= 0.3 is 6.03 Å². The first-order valence-electron chi connectivity index (χ1n) is 13.0. The Morgan fingerprint density at radius 3 is 2.78 bits per heavy atom. The number of carbonyl (C=O) groups excluding carboxylic acids is 2. The number of aliphatic hydroxyl groups is 2. The average Bonchev–Trinajstić information content (AvgIpc) is 3.57. The summed E-state index contributed by atoms with van der Waals surface area (Å²) in [7, 11) is 0. The lowest BCUT2D eigenvalue weighted by Crippen LogP contribution is -2.57. The summed E-state index contributed by atoms with van der Waals surface area (Å²) in [6, 6.07) is 3.77. The van der Waals surface area contributed by atoms with Gasteiger partial charge in [-0.3, -0.25) is 10.1 Å². The fourth-order valence-corrected chi connectivity index (χ4v) is 8.20. The van der Waals surface area contributed by atoms with E-state index in [4.69, 9.17) is 9.72 Å². The van der Waals surface area contributed by atoms with E-state index < -0.39 is 11.5 Å². The van der Waals surface area contributed by atoms with E-state index in [1.807, 2.05) is 24.4 Å². The van der Waals surface area contributed by atoms with Gasteiger partial charge < -0.3 is 25.2 Å². The molecule has 0 bridgehead atoms. The number of rotatable bonds is 6. The predicted octanol–water partition coefficient (Wildman–Crippen LogP) is 3.19. The van der Waals surface area contributed by atoms with Crippen LogP contribution in [0.1, 0.15) is 54.5 Å². The molecule has 5 rings (SSSR count). The molecule has 2 aromatic heterocycles. The number of morpholine rings is 1. The van der Waals surface area contributed by atoms with Crippen molar-refractivity contribution in [1.29, 1.82) is 0 Å². The maximum Gasteiger partial charge on any atom is 0.323 e. The standard InChI is InChI=1S/C26H36N4O5S2/c1-25-6-5-20(32)26(2,15-31)19(25)13-18-22(17(25)12-21(33)27-14-16-4-3-11-36-16)28-23(37-18)29-24(34)30-7-9-35-10-8-30/h3-4,11,17,19-20,31-32H,5-10,12-15H2,1-2H3,(H,27,33)(H,28,29,34). The topological polar surface area (TPSA) is 124 Å². The van der Waals surface area contributed by atoms with Gasteiger partial charge in [-0.05, 0) is 42.0 Å². The fourth-order valence-electron chi connectivity index (χ4n) is 6.49. The molecule has 5 unspecified atom stereocenters. The molecule has 1 aliphatic heterocycles. The molecule has 1 saturated heterocycles. The van der Waals surface area contributed by atoms with Crippen LogP contribution in [0.15, 0.2) is 17.5 Å². The Morgan fingerprint density at radius 1 is 1.30 bits per heavy atom. The van der Waals surface area contributed by atoms with Crippen molar-refractivity contribution in [2.24, 2.45) is 16.7 Å². The number of nitrogens with one attached hydrogen (secondary N) is 2. The van der Waals surface area contributed by atoms with Crippen LogP contribution in [0.3, 0.4) is 0 Å². The van der Waals surface area contributed by atoms with Crippen molar-refractivity contribution in [3.63, 3.8) is 0 Å². The van der Waals surface area contributed by atoms with Crippen molar-refractivity contribution in [3.8, 4) is 0 Å². The number of ether oxygens (including phenoxy) is 1. The van der Waals surface area contributed by atoms with Gasteiger partial charge in [-0.2, -0.15) is 0 Å². The fraction of sp³-hybridized carbons (Fsp3) is 0.654. The van der Waals surface area contributed by atoms with Crippen LogP contribution in [-0.4, -0.2) is 71.0 Å². The lowest BCUT2D eigenvalue weighted by atomic mass is 9.47. The molecule has 5 atom stereocenters. The Labute approximate surface area is 225 Å². The first kappa shape index (κ1) is 26.6. The van der Waals surface area contributed by atoms with Gasteiger partial charge in [0, 0.05) is 40.6 Å². The normalized spacial score (nSPS) is 31.4. The van der Waals surface area contributed by atoms with Crippen LogP contribution in [0.2, 0.25) is 0 Å². The third-order valence-corrected chi connectivity index (χ3v) is 10.7. The van der Waals surface area contributed by atoms with Gasteiger partial charge in [0.15, 0.2) is 5.13 Å². The van der Waals surface area contributed by atoms with Crippen LogP contribution in [0.25, 0.3) is 0 Å². The van der Waals surface area contributed by atoms with E-state index in [9.17, 15) is 19.8 Å². The molecule has 9 nitrogen and oxygen atoms in total. The van der Waals surface area contributed by atoms with E-state index in [-0.39, 0.29) is 42.2 Å². The summed E-state index contributed by atoms with van der Waals surface area (Å²) in [4.78, 5) is 34.8. The molecular formula is C26H36N4O5S2. The zero-order valence-corrected chi connectivity index (χ0v) is 23.0. The van der Waals surface area contributed by atoms with Gasteiger partial charge in [-0.1, -0.05) is 19.9 Å². The number of nitrogens with zero attached hydrogens (tertiary/aromatic N) is 2. The molecule has 3 aliphatic rings. The minimum absolute atomic E-state index is 0.0282. The smallest absolute Gasteiger partial charge is 0.323 e. The summed E-state index contributed by atoms with van der Waals surface area (Å²) in [6.07, 6.45) is 1.61. The van der Waals surface area contributed by atoms with E-state index in [0.29, 0.717) is 50.8 Å². The van der Waals surface area contributed by atoms with E-state index in [1.54, 1.807) is 16.2 Å². The summed E-state index contributed by atoms with van der Waals surface area (Å²) in [5, 5.41) is 29.9. The van der Waals surface area contributed by atoms with Crippen molar-refractivity contribution in [3.05, 3.63) is 33.0 Å². The number of aromatic nitrogens is 1. The number of anilines is 1. The summed E-state index contributed by atoms with van der Waals surface area (Å²) in [5.41, 5.74) is -0.148. The molecular weight excluding hydrogens is 512 g/mol. The van der Waals surface area contributed by atoms with Gasteiger partial charge in [0.05, 0.1) is 38.2 Å². The molecule has 2 aromatic rings. The van der Waals surface area contributed by atoms with Gasteiger partial charge in [-0.15, -0.1) is 22.7 Å². The Hall–Kier alpha value is -2.05. The summed E-state index contributed by atoms with van der Waals surface area (Å²) in [6.45, 7) is 6.62. The van der Waals surface area contributed by atoms with Crippen LogP contribution in [-0.2, 0) is 22.5 Å². The van der Waals surface area contributed by atoms with Crippen LogP contribution < -0.4 is 10.6 Å². The number of hydrogen-bond acceptors (Lipinski definition) is 8. The minimum Gasteiger partial charge on any atom is -0.396 e. The first-order valence-corrected chi connectivity index (χ1v) is 14.7. The quantitative estimate of drug-likeness (QED) is 0.440. The van der Waals surface area contributed by atoms with Gasteiger partial charge in [-0.25, -0.2) is 9.78 Å². The number of fused-ring (bicyclic) bond motifs is 2. The van der Waals surface area contributed by atoms with Crippen molar-refractivity contribution < 1.29 is 24.5 Å². The molecule has 11 heteroatoms. The van der Waals surface area contributed by atoms with Crippen LogP contribution in [0, 0.1) is 16.7 Å². The highest BCUT2D eigenvalue weighted by molar-refractivity contribution is 7.15. The number of hydrogen-bond donors (Lipinski definition) is 4. The van der Waals surface area contributed by atoms with Gasteiger partial charge in [0.2, 0.25) is 5.91 Å². The maximum atomic E-state index is 13.2. The van der Waals surface area contributed by atoms with E-state index in [1.165, 1.54) is 11.3 Å². The van der Waals surface area contributed by atoms with Gasteiger partial charge in [0.25, 0.3) is 0 Å². The molecule has 0 radical (unpaired) electrons. The van der Waals surface area contributed by atoms with Crippen LogP contribution in [0.5, 0.6) is 0 Å². The monoisotopic (exact) mass is 548 g/mol. The Bertz CT molecular complexity index is 1120. The summed E-state index contributed by atoms with van der Waals surface area (Å²) >= 11 is 3.05. The molecule has 1 saturated carbocycles. The first-order chi connectivity index (χ1) is 17.7. The highest BCUT2D eigenvalue weighted by atomic mass is 32.1. The second-order valence-electron chi connectivity index (χ2n) is 11.0. The van der Waals surface area contributed by atoms with Gasteiger partial charge in [0.1, 0.15) is 0 Å². The molecule has 4 N–H and O–H groups in total. The number of aliphatic hydroxyl groups excluding tert-OH is 2. The minimum atomic E-state index is -0.683. The lowest BCUT2D eigenvalue weighted by molar-refractivity contribution is -0.144. The predicted molar refractivity (Wildman–Crippen MR) is 143 cm³/mol. The molecule has 3 heterocycles. The second-order valence-corrected chi connectivity index (χ2v) is 13.1. The Kier molecular flexibility index (Phi) is 7.61. The van der Waals surface area contributed by atoms with Crippen molar-refractivity contribution in [2.45, 2.75) is 58.1 Å². The van der Waals surface area contributed by atoms with E-state index >= 15 is 0 Å². The Balaban J connectivity index is 1.43. The molecule has 3 amide bonds. The zero-order valence-electron chi connectivity index (χ0n) is 21.4. The average molecular weight is 549 g/mol. The zero-order chi connectivity index (χ0) is 26.2. The highest BCUT2D eigenvalue weighted by Crippen LogP contribution is 2.62.